The molecule has 19 atom stereocenters. The van der Waals surface area contributed by atoms with E-state index in [1.165, 1.54) is 11.6 Å². The molecule has 4 aliphatic heterocycles. The van der Waals surface area contributed by atoms with Gasteiger partial charge in [-0.2, -0.15) is 21.6 Å². The Morgan fingerprint density at radius 2 is 1.33 bits per heavy atom. The Bertz CT molecular complexity index is 1640. The van der Waals surface area contributed by atoms with Crippen molar-refractivity contribution in [1.29, 1.82) is 0 Å². The number of rotatable bonds is 15. The minimum Gasteiger partial charge on any atom is -0.479 e. The molecule has 0 aliphatic carbocycles. The molecule has 0 saturated carbocycles. The molecule has 4 heterocycles. The van der Waals surface area contributed by atoms with Gasteiger partial charge in [0.2, 0.25) is 5.91 Å². The number of hydrogen-bond acceptors (Lipinski definition) is 22. The normalized spacial score (nSPS) is 43.2. The lowest BCUT2D eigenvalue weighted by Gasteiger charge is -2.48. The third-order valence-electron chi connectivity index (χ3n) is 9.15. The van der Waals surface area contributed by atoms with Crippen LogP contribution < -0.4 is 10.0 Å². The van der Waals surface area contributed by atoms with E-state index in [0.717, 1.165) is 14.0 Å². The topological polar surface area (TPSA) is 429 Å². The van der Waals surface area contributed by atoms with Crippen molar-refractivity contribution in [2.24, 2.45) is 0 Å². The summed E-state index contributed by atoms with van der Waals surface area (Å²) >= 11 is 0. The lowest BCUT2D eigenvalue weighted by atomic mass is 9.95. The number of ether oxygens (including phenoxy) is 8. The highest BCUT2D eigenvalue weighted by molar-refractivity contribution is 7.83. The third kappa shape index (κ3) is 11.5. The van der Waals surface area contributed by atoms with Crippen LogP contribution in [0.15, 0.2) is 0 Å². The number of carboxylic acid groups (broad SMARTS) is 2. The Labute approximate surface area is 322 Å². The highest BCUT2D eigenvalue weighted by Gasteiger charge is 2.56. The summed E-state index contributed by atoms with van der Waals surface area (Å²) in [5, 5.41) is 85.7. The Balaban J connectivity index is 1.55. The second kappa shape index (κ2) is 18.9. The summed E-state index contributed by atoms with van der Waals surface area (Å²) in [6.45, 7) is 1.16. The molecule has 12 N–H and O–H groups in total. The molecule has 0 aromatic rings. The van der Waals surface area contributed by atoms with Gasteiger partial charge in [0.1, 0.15) is 67.0 Å². The van der Waals surface area contributed by atoms with E-state index >= 15 is 0 Å². The summed E-state index contributed by atoms with van der Waals surface area (Å²) in [5.74, 6) is -4.26. The Kier molecular flexibility index (Phi) is 15.7. The van der Waals surface area contributed by atoms with Gasteiger partial charge in [0, 0.05) is 20.5 Å². The summed E-state index contributed by atoms with van der Waals surface area (Å²) in [6.07, 6.45) is -33.2. The van der Waals surface area contributed by atoms with Crippen molar-refractivity contribution in [1.82, 2.24) is 10.0 Å². The summed E-state index contributed by atoms with van der Waals surface area (Å²) in [5.41, 5.74) is 0. The van der Waals surface area contributed by atoms with E-state index in [1.54, 1.807) is 0 Å². The fourth-order valence-corrected chi connectivity index (χ4v) is 7.77. The van der Waals surface area contributed by atoms with Crippen molar-refractivity contribution < 1.29 is 123 Å². The molecule has 0 aromatic carbocycles. The maximum atomic E-state index is 12.5. The van der Waals surface area contributed by atoms with Crippen LogP contribution in [0.1, 0.15) is 20.3 Å². The zero-order valence-electron chi connectivity index (χ0n) is 29.7. The molecule has 57 heavy (non-hydrogen) atoms. The summed E-state index contributed by atoms with van der Waals surface area (Å²) in [7, 11) is -9.74. The number of aliphatic hydroxyl groups excluding tert-OH is 6. The Morgan fingerprint density at radius 1 is 0.737 bits per heavy atom. The van der Waals surface area contributed by atoms with Crippen LogP contribution in [0.4, 0.5) is 0 Å². The van der Waals surface area contributed by atoms with Crippen LogP contribution in [0.25, 0.3) is 0 Å². The number of nitrogens with one attached hydrogen (secondary N) is 2. The highest BCUT2D eigenvalue weighted by Crippen LogP contribution is 2.35. The predicted octanol–water partition coefficient (Wildman–Crippen LogP) is -7.48. The van der Waals surface area contributed by atoms with Crippen LogP contribution in [0, 0.1) is 0 Å². The van der Waals surface area contributed by atoms with Gasteiger partial charge in [-0.3, -0.25) is 13.9 Å². The average molecular weight is 877 g/mol. The standard InChI is InChI=1S/C27H44N2O26S2/c1-6-16(52-27-15(35)14(34)20(47-3)22(54-27)24(38)39)13(33)11(28-7(2)31)26(48-6)53-17-8(32)4-10(51-21(17)23(36)37)50-18-9(5-30)49-25(40)12(29-56(41,42)43)19(18)55-57(44,45)46/h6,8-22,25-27,29-30,32-35,40H,4-5H2,1-3H3,(H,28,31)(H,36,37)(H,38,39)(H,41,42,43)(H,44,45,46). The molecule has 0 bridgehead atoms. The van der Waals surface area contributed by atoms with Gasteiger partial charge in [0.25, 0.3) is 0 Å². The number of hydrogen-bond donors (Lipinski definition) is 12. The average Bonchev–Trinajstić information content (AvgIpc) is 3.08. The van der Waals surface area contributed by atoms with E-state index in [1.807, 2.05) is 0 Å². The van der Waals surface area contributed by atoms with Crippen molar-refractivity contribution in [3.8, 4) is 0 Å². The predicted molar refractivity (Wildman–Crippen MR) is 171 cm³/mol. The minimum absolute atomic E-state index is 0.783. The van der Waals surface area contributed by atoms with Crippen molar-refractivity contribution in [2.45, 2.75) is 137 Å². The lowest BCUT2D eigenvalue weighted by molar-refractivity contribution is -0.356. The maximum Gasteiger partial charge on any atom is 0.397 e. The number of methoxy groups -OCH3 is 1. The van der Waals surface area contributed by atoms with E-state index in [0.29, 0.717) is 0 Å². The van der Waals surface area contributed by atoms with Gasteiger partial charge in [0.05, 0.1) is 18.8 Å². The van der Waals surface area contributed by atoms with Crippen LogP contribution in [-0.2, 0) is 77.2 Å². The molecule has 4 aliphatic rings. The van der Waals surface area contributed by atoms with Crippen LogP contribution in [0.3, 0.4) is 0 Å². The SMILES string of the molecule is COC1C(C(=O)O)OC(OC2C(C)OC(OC3C(O)CC(OC4C(CO)OC(O)C(NS(=O)(=O)O)C4OS(=O)(=O)O)OC3C(=O)O)C(NC(C)=O)C2O)C(O)C1O. The van der Waals surface area contributed by atoms with Crippen molar-refractivity contribution in [2.75, 3.05) is 13.7 Å². The smallest absolute Gasteiger partial charge is 0.397 e. The molecule has 19 unspecified atom stereocenters. The maximum absolute atomic E-state index is 12.5. The zero-order chi connectivity index (χ0) is 42.9. The molecule has 0 spiro atoms. The van der Waals surface area contributed by atoms with Crippen molar-refractivity contribution in [3.05, 3.63) is 0 Å². The largest absolute Gasteiger partial charge is 0.479 e. The summed E-state index contributed by atoms with van der Waals surface area (Å²) in [4.78, 5) is 36.4. The van der Waals surface area contributed by atoms with Gasteiger partial charge < -0.3 is 84.1 Å². The van der Waals surface area contributed by atoms with Gasteiger partial charge >= 0.3 is 32.6 Å². The first-order valence-corrected chi connectivity index (χ1v) is 19.4. The number of aliphatic hydroxyl groups is 6. The fourth-order valence-electron chi connectivity index (χ4n) is 6.67. The van der Waals surface area contributed by atoms with Gasteiger partial charge in [0.15, 0.2) is 37.4 Å². The molecule has 1 amide bonds. The quantitative estimate of drug-likeness (QED) is 0.0680. The number of carboxylic acids is 2. The van der Waals surface area contributed by atoms with Gasteiger partial charge in [-0.1, -0.05) is 0 Å². The molecule has 4 fully saturated rings. The molecule has 0 aromatic heterocycles. The molecule has 30 heteroatoms. The van der Waals surface area contributed by atoms with Gasteiger partial charge in [-0.15, -0.1) is 0 Å². The van der Waals surface area contributed by atoms with Crippen molar-refractivity contribution in [3.63, 3.8) is 0 Å². The number of carbonyl (C=O) groups is 3. The van der Waals surface area contributed by atoms with Gasteiger partial charge in [-0.25, -0.2) is 13.8 Å². The van der Waals surface area contributed by atoms with E-state index in [9.17, 15) is 81.2 Å². The van der Waals surface area contributed by atoms with Crippen LogP contribution in [-0.4, -0.2) is 215 Å². The number of carbonyl (C=O) groups excluding carboxylic acids is 1. The first-order chi connectivity index (χ1) is 26.4. The first-order valence-electron chi connectivity index (χ1n) is 16.6. The minimum atomic E-state index is -5.53. The highest BCUT2D eigenvalue weighted by atomic mass is 32.3. The van der Waals surface area contributed by atoms with Gasteiger partial charge in [-0.05, 0) is 6.92 Å². The summed E-state index contributed by atoms with van der Waals surface area (Å²) < 4.78 is 115. The molecular weight excluding hydrogens is 832 g/mol. The van der Waals surface area contributed by atoms with Crippen LogP contribution >= 0.6 is 0 Å². The molecular formula is C27H44N2O26S2. The Morgan fingerprint density at radius 3 is 1.86 bits per heavy atom. The molecule has 4 saturated heterocycles. The fraction of sp³-hybridized carbons (Fsp3) is 0.889. The third-order valence-corrected chi connectivity index (χ3v) is 10.2. The van der Waals surface area contributed by atoms with Crippen LogP contribution in [0.5, 0.6) is 0 Å². The molecule has 330 valence electrons. The summed E-state index contributed by atoms with van der Waals surface area (Å²) in [6, 6.07) is -3.95. The van der Waals surface area contributed by atoms with Crippen molar-refractivity contribution >= 4 is 38.5 Å². The van der Waals surface area contributed by atoms with E-state index in [-0.39, 0.29) is 0 Å². The second-order valence-corrected chi connectivity index (χ2v) is 15.4. The second-order valence-electron chi connectivity index (χ2n) is 13.2. The molecule has 4 rings (SSSR count). The molecule has 0 radical (unpaired) electrons. The Hall–Kier alpha value is -2.41. The number of amides is 1. The lowest BCUT2D eigenvalue weighted by Crippen LogP contribution is -2.68. The zero-order valence-corrected chi connectivity index (χ0v) is 31.3. The van der Waals surface area contributed by atoms with E-state index in [2.05, 4.69) is 9.50 Å². The monoisotopic (exact) mass is 876 g/mol. The first kappa shape index (κ1) is 47.3. The van der Waals surface area contributed by atoms with E-state index in [4.69, 9.17) is 37.9 Å². The molecule has 28 nitrogen and oxygen atoms in total. The number of aliphatic carboxylic acids is 2. The van der Waals surface area contributed by atoms with Crippen LogP contribution in [0.2, 0.25) is 0 Å². The van der Waals surface area contributed by atoms with E-state index < -0.39 is 168 Å².